The van der Waals surface area contributed by atoms with E-state index >= 15 is 0 Å². The first-order valence-electron chi connectivity index (χ1n) is 13.1. The van der Waals surface area contributed by atoms with Crippen molar-refractivity contribution in [2.75, 3.05) is 36.4 Å². The Balaban J connectivity index is 1.45. The highest BCUT2D eigenvalue weighted by Gasteiger charge is 2.35. The number of anilines is 2. The predicted molar refractivity (Wildman–Crippen MR) is 149 cm³/mol. The van der Waals surface area contributed by atoms with Crippen LogP contribution in [-0.4, -0.2) is 63.3 Å². The molecule has 3 aromatic rings. The van der Waals surface area contributed by atoms with E-state index in [0.29, 0.717) is 68.2 Å². The first kappa shape index (κ1) is 26.9. The number of halogens is 2. The zero-order valence-corrected chi connectivity index (χ0v) is 23.1. The van der Waals surface area contributed by atoms with Crippen LogP contribution in [0.1, 0.15) is 48.0 Å². The average Bonchev–Trinajstić information content (AvgIpc) is 3.22. The normalized spacial score (nSPS) is 15.5. The van der Waals surface area contributed by atoms with E-state index in [9.17, 15) is 14.0 Å². The molecule has 2 amide bonds. The van der Waals surface area contributed by atoms with Crippen LogP contribution < -0.4 is 10.2 Å². The first-order valence-corrected chi connectivity index (χ1v) is 13.4. The van der Waals surface area contributed by atoms with Crippen molar-refractivity contribution in [3.05, 3.63) is 81.8 Å². The SMILES string of the molecule is CC(=O)N1CCN(c2nc(NC(C)(C)Cc3ccc(F)cc3)c3c(n2)C(=O)N(Cc2ccccc2Cl)C3)CC1. The van der Waals surface area contributed by atoms with Gasteiger partial charge in [-0.25, -0.2) is 9.37 Å². The van der Waals surface area contributed by atoms with Crippen molar-refractivity contribution in [1.29, 1.82) is 0 Å². The summed E-state index contributed by atoms with van der Waals surface area (Å²) in [4.78, 5) is 40.6. The number of benzene rings is 2. The van der Waals surface area contributed by atoms with Crippen LogP contribution in [0.5, 0.6) is 0 Å². The topological polar surface area (TPSA) is 81.7 Å². The van der Waals surface area contributed by atoms with Crippen LogP contribution in [0, 0.1) is 5.82 Å². The second-order valence-corrected chi connectivity index (χ2v) is 11.2. The van der Waals surface area contributed by atoms with Gasteiger partial charge in [0.2, 0.25) is 11.9 Å². The van der Waals surface area contributed by atoms with Crippen LogP contribution in [0.2, 0.25) is 5.02 Å². The zero-order valence-electron chi connectivity index (χ0n) is 22.4. The lowest BCUT2D eigenvalue weighted by Gasteiger charge is -2.35. The second-order valence-electron chi connectivity index (χ2n) is 10.8. The van der Waals surface area contributed by atoms with Gasteiger partial charge in [0.05, 0.1) is 6.54 Å². The van der Waals surface area contributed by atoms with Gasteiger partial charge in [-0.1, -0.05) is 41.9 Å². The molecular formula is C29H32ClFN6O2. The predicted octanol–water partition coefficient (Wildman–Crippen LogP) is 4.53. The monoisotopic (exact) mass is 550 g/mol. The minimum atomic E-state index is -0.455. The molecule has 0 unspecified atom stereocenters. The molecule has 2 aromatic carbocycles. The van der Waals surface area contributed by atoms with Crippen molar-refractivity contribution < 1.29 is 14.0 Å². The molecule has 0 saturated carbocycles. The summed E-state index contributed by atoms with van der Waals surface area (Å²) in [6.45, 7) is 8.68. The molecule has 0 spiro atoms. The fourth-order valence-electron chi connectivity index (χ4n) is 5.11. The molecule has 1 fully saturated rings. The van der Waals surface area contributed by atoms with Crippen LogP contribution >= 0.6 is 11.6 Å². The Kier molecular flexibility index (Phi) is 7.44. The van der Waals surface area contributed by atoms with Crippen molar-refractivity contribution >= 4 is 35.2 Å². The van der Waals surface area contributed by atoms with Gasteiger partial charge < -0.3 is 20.0 Å². The lowest BCUT2D eigenvalue weighted by Crippen LogP contribution is -2.48. The van der Waals surface area contributed by atoms with Crippen molar-refractivity contribution in [3.63, 3.8) is 0 Å². The third-order valence-electron chi connectivity index (χ3n) is 7.18. The summed E-state index contributed by atoms with van der Waals surface area (Å²) < 4.78 is 13.5. The largest absolute Gasteiger partial charge is 0.364 e. The number of hydrogen-bond donors (Lipinski definition) is 1. The highest BCUT2D eigenvalue weighted by molar-refractivity contribution is 6.31. The van der Waals surface area contributed by atoms with Crippen molar-refractivity contribution in [2.24, 2.45) is 0 Å². The fraction of sp³-hybridized carbons (Fsp3) is 0.379. The Morgan fingerprint density at radius 2 is 1.74 bits per heavy atom. The highest BCUT2D eigenvalue weighted by atomic mass is 35.5. The average molecular weight is 551 g/mol. The number of piperazine rings is 1. The summed E-state index contributed by atoms with van der Waals surface area (Å²) in [6, 6.07) is 14.0. The quantitative estimate of drug-likeness (QED) is 0.465. The van der Waals surface area contributed by atoms with Gasteiger partial charge in [0.1, 0.15) is 17.3 Å². The third-order valence-corrected chi connectivity index (χ3v) is 7.55. The number of hydrogen-bond acceptors (Lipinski definition) is 6. The molecule has 1 N–H and O–H groups in total. The van der Waals surface area contributed by atoms with Gasteiger partial charge in [-0.3, -0.25) is 9.59 Å². The Hall–Kier alpha value is -3.72. The molecule has 0 atom stereocenters. The van der Waals surface area contributed by atoms with Crippen LogP contribution in [0.4, 0.5) is 16.2 Å². The molecule has 0 aliphatic carbocycles. The molecule has 0 radical (unpaired) electrons. The standard InChI is InChI=1S/C29H32ClFN6O2/c1-19(38)35-12-14-36(15-13-35)28-32-25-23(18-37(27(25)39)17-21-6-4-5-7-24(21)30)26(33-28)34-29(2,3)16-20-8-10-22(31)11-9-20/h4-11H,12-18H2,1-3H3,(H,32,33,34). The van der Waals surface area contributed by atoms with E-state index in [1.807, 2.05) is 29.2 Å². The van der Waals surface area contributed by atoms with E-state index in [2.05, 4.69) is 19.2 Å². The molecule has 39 heavy (non-hydrogen) atoms. The maximum atomic E-state index is 13.6. The van der Waals surface area contributed by atoms with E-state index in [4.69, 9.17) is 21.6 Å². The summed E-state index contributed by atoms with van der Waals surface area (Å²) >= 11 is 6.39. The Bertz CT molecular complexity index is 1390. The van der Waals surface area contributed by atoms with Gasteiger partial charge >= 0.3 is 0 Å². The molecule has 0 bridgehead atoms. The molecule has 3 heterocycles. The number of amides is 2. The molecule has 8 nitrogen and oxygen atoms in total. The number of rotatable bonds is 7. The summed E-state index contributed by atoms with van der Waals surface area (Å²) in [5.41, 5.74) is 2.51. The van der Waals surface area contributed by atoms with Gasteiger partial charge in [0, 0.05) is 55.8 Å². The fourth-order valence-corrected chi connectivity index (χ4v) is 5.31. The van der Waals surface area contributed by atoms with E-state index in [-0.39, 0.29) is 17.6 Å². The summed E-state index contributed by atoms with van der Waals surface area (Å²) in [5.74, 6) is 0.663. The molecule has 204 valence electrons. The molecule has 5 rings (SSSR count). The van der Waals surface area contributed by atoms with Gasteiger partial charge in [-0.05, 0) is 49.6 Å². The third kappa shape index (κ3) is 5.98. The summed E-state index contributed by atoms with van der Waals surface area (Å²) in [5, 5.41) is 4.17. The molecular weight excluding hydrogens is 519 g/mol. The summed E-state index contributed by atoms with van der Waals surface area (Å²) in [6.07, 6.45) is 0.621. The molecule has 2 aliphatic heterocycles. The van der Waals surface area contributed by atoms with E-state index < -0.39 is 5.54 Å². The van der Waals surface area contributed by atoms with Crippen LogP contribution in [0.3, 0.4) is 0 Å². The van der Waals surface area contributed by atoms with E-state index in [1.54, 1.807) is 28.9 Å². The first-order chi connectivity index (χ1) is 18.6. The molecule has 2 aliphatic rings. The van der Waals surface area contributed by atoms with Gasteiger partial charge in [-0.15, -0.1) is 0 Å². The van der Waals surface area contributed by atoms with Crippen molar-refractivity contribution in [3.8, 4) is 0 Å². The van der Waals surface area contributed by atoms with Gasteiger partial charge in [0.15, 0.2) is 0 Å². The number of fused-ring (bicyclic) bond motifs is 1. The highest BCUT2D eigenvalue weighted by Crippen LogP contribution is 2.33. The van der Waals surface area contributed by atoms with Crippen molar-refractivity contribution in [2.45, 2.75) is 45.8 Å². The lowest BCUT2D eigenvalue weighted by atomic mass is 9.94. The van der Waals surface area contributed by atoms with E-state index in [0.717, 1.165) is 16.7 Å². The van der Waals surface area contributed by atoms with Gasteiger partial charge in [0.25, 0.3) is 5.91 Å². The Morgan fingerprint density at radius 3 is 2.41 bits per heavy atom. The summed E-state index contributed by atoms with van der Waals surface area (Å²) in [7, 11) is 0. The maximum Gasteiger partial charge on any atom is 0.273 e. The Morgan fingerprint density at radius 1 is 1.05 bits per heavy atom. The van der Waals surface area contributed by atoms with Crippen LogP contribution in [0.25, 0.3) is 0 Å². The van der Waals surface area contributed by atoms with E-state index in [1.165, 1.54) is 12.1 Å². The van der Waals surface area contributed by atoms with Gasteiger partial charge in [-0.2, -0.15) is 4.98 Å². The minimum Gasteiger partial charge on any atom is -0.364 e. The number of nitrogens with zero attached hydrogens (tertiary/aromatic N) is 5. The zero-order chi connectivity index (χ0) is 27.7. The van der Waals surface area contributed by atoms with Crippen molar-refractivity contribution in [1.82, 2.24) is 19.8 Å². The Labute approximate surface area is 232 Å². The molecule has 10 heteroatoms. The maximum absolute atomic E-state index is 13.6. The van der Waals surface area contributed by atoms with Crippen LogP contribution in [-0.2, 0) is 24.3 Å². The minimum absolute atomic E-state index is 0.0415. The smallest absolute Gasteiger partial charge is 0.273 e. The number of aromatic nitrogens is 2. The number of carbonyl (C=O) groups excluding carboxylic acids is 2. The second kappa shape index (κ2) is 10.8. The number of nitrogens with one attached hydrogen (secondary N) is 1. The molecule has 1 saturated heterocycles. The van der Waals surface area contributed by atoms with Crippen LogP contribution in [0.15, 0.2) is 48.5 Å². The number of carbonyl (C=O) groups is 2. The lowest BCUT2D eigenvalue weighted by molar-refractivity contribution is -0.129. The molecule has 1 aromatic heterocycles.